The summed E-state index contributed by atoms with van der Waals surface area (Å²) in [6.45, 7) is 3.12. The minimum atomic E-state index is -2.87. The number of ether oxygens (including phenoxy) is 4. The van der Waals surface area contributed by atoms with Crippen LogP contribution in [0.4, 0.5) is 0 Å². The van der Waals surface area contributed by atoms with Crippen molar-refractivity contribution < 1.29 is 89.5 Å². The minimum Gasteiger partial charge on any atom is -0.477 e. The predicted molar refractivity (Wildman–Crippen MR) is 295 cm³/mol. The number of aliphatic hydroxyl groups excluding tert-OH is 10. The molecule has 78 heavy (non-hydrogen) atoms. The summed E-state index contributed by atoms with van der Waals surface area (Å²) in [5.41, 5.74) is 0. The molecular formula is C58H106N2O18. The molecule has 0 radical (unpaired) electrons. The van der Waals surface area contributed by atoms with E-state index in [0.29, 0.717) is 18.8 Å². The lowest BCUT2D eigenvalue weighted by atomic mass is 9.88. The highest BCUT2D eigenvalue weighted by Gasteiger charge is 2.57. The van der Waals surface area contributed by atoms with Crippen molar-refractivity contribution in [2.24, 2.45) is 5.92 Å². The molecule has 2 fully saturated rings. The molecule has 456 valence electrons. The van der Waals surface area contributed by atoms with Gasteiger partial charge in [0.1, 0.15) is 55.4 Å². The number of unbranched alkanes of at least 4 members (excludes halogenated alkanes) is 23. The van der Waals surface area contributed by atoms with Gasteiger partial charge in [0, 0.05) is 6.42 Å². The van der Waals surface area contributed by atoms with E-state index in [1.54, 1.807) is 6.08 Å². The normalized spacial score (nSPS) is 25.8. The fourth-order valence-corrected chi connectivity index (χ4v) is 9.88. The van der Waals surface area contributed by atoms with Crippen molar-refractivity contribution in [3.8, 4) is 0 Å². The summed E-state index contributed by atoms with van der Waals surface area (Å²) >= 11 is 0. The smallest absolute Gasteiger partial charge is 0.364 e. The Kier molecular flexibility index (Phi) is 38.6. The van der Waals surface area contributed by atoms with Gasteiger partial charge in [0.2, 0.25) is 11.8 Å². The zero-order valence-electron chi connectivity index (χ0n) is 47.5. The Morgan fingerprint density at radius 1 is 0.679 bits per heavy atom. The van der Waals surface area contributed by atoms with E-state index in [-0.39, 0.29) is 6.42 Å². The van der Waals surface area contributed by atoms with Crippen molar-refractivity contribution in [3.05, 3.63) is 24.3 Å². The minimum absolute atomic E-state index is 0.185. The molecule has 20 heteroatoms. The molecule has 2 aliphatic heterocycles. The Hall–Kier alpha value is -2.67. The number of carboxylic acids is 1. The summed E-state index contributed by atoms with van der Waals surface area (Å²) in [5.74, 6) is -5.85. The average molecular weight is 1120 g/mol. The topological polar surface area (TPSA) is 335 Å². The van der Waals surface area contributed by atoms with E-state index in [4.69, 9.17) is 18.9 Å². The van der Waals surface area contributed by atoms with Crippen LogP contribution in [0, 0.1) is 5.92 Å². The summed E-state index contributed by atoms with van der Waals surface area (Å²) in [7, 11) is 0. The second kappa shape index (κ2) is 42.2. The molecule has 14 atom stereocenters. The standard InChI is InChI=1S/C58H106N2O18/c1-4-5-6-7-8-9-10-11-12-13-14-15-16-17-18-19-22-26-29-32-35-44(64)55(72)59-42(43(63)34-31-28-25-23-20-21-24-27-30-33-41(2)3)39-75-56-53(71)52(70)51(69)47(77-56)40-76-58(57(73)74)36-45(65)49(60-48(67)38-62)54(78-58)50(68)46(66)37-61/h11-12,31,34,41-47,49-54,56,61-66,68-71H,4-10,13-30,32-33,35-40H2,1-3H3,(H,59,72)(H,60,67)(H,73,74)/b12-11-,34-31+/t42-,43+,44+,45-,46+,47+,49+,50+,51+,52-,53+,54+,56+,58+/m0/s1. The van der Waals surface area contributed by atoms with Crippen LogP contribution in [0.25, 0.3) is 0 Å². The number of carbonyl (C=O) groups is 3. The van der Waals surface area contributed by atoms with Gasteiger partial charge in [-0.2, -0.15) is 0 Å². The summed E-state index contributed by atoms with van der Waals surface area (Å²) in [5, 5.41) is 121. The molecule has 13 N–H and O–H groups in total. The van der Waals surface area contributed by atoms with Gasteiger partial charge in [-0.15, -0.1) is 0 Å². The molecule has 20 nitrogen and oxygen atoms in total. The third-order valence-corrected chi connectivity index (χ3v) is 14.9. The number of nitrogens with one attached hydrogen (secondary N) is 2. The lowest BCUT2D eigenvalue weighted by Crippen LogP contribution is -2.68. The maximum absolute atomic E-state index is 13.4. The van der Waals surface area contributed by atoms with Crippen LogP contribution >= 0.6 is 0 Å². The van der Waals surface area contributed by atoms with E-state index in [1.807, 2.05) is 0 Å². The highest BCUT2D eigenvalue weighted by molar-refractivity contribution is 5.81. The summed E-state index contributed by atoms with van der Waals surface area (Å²) in [4.78, 5) is 38.2. The number of amides is 2. The average Bonchev–Trinajstić information content (AvgIpc) is 3.49. The molecule has 2 aliphatic rings. The second-order valence-electron chi connectivity index (χ2n) is 22.2. The number of carbonyl (C=O) groups excluding carboxylic acids is 2. The summed E-state index contributed by atoms with van der Waals surface area (Å²) in [6, 6.07) is -2.83. The first-order chi connectivity index (χ1) is 37.4. The molecule has 0 aromatic carbocycles. The number of carboxylic acid groups (broad SMARTS) is 1. The Balaban J connectivity index is 2.00. The molecule has 0 spiro atoms. The maximum atomic E-state index is 13.4. The highest BCUT2D eigenvalue weighted by atomic mass is 16.7. The van der Waals surface area contributed by atoms with Crippen LogP contribution in [0.5, 0.6) is 0 Å². The molecule has 2 heterocycles. The van der Waals surface area contributed by atoms with Crippen molar-refractivity contribution in [1.29, 1.82) is 0 Å². The van der Waals surface area contributed by atoms with Crippen LogP contribution in [-0.2, 0) is 33.3 Å². The number of aliphatic carboxylic acids is 1. The van der Waals surface area contributed by atoms with E-state index in [0.717, 1.165) is 57.8 Å². The lowest BCUT2D eigenvalue weighted by Gasteiger charge is -2.47. The molecule has 2 amide bonds. The molecule has 2 rings (SSSR count). The Bertz CT molecular complexity index is 1630. The summed E-state index contributed by atoms with van der Waals surface area (Å²) in [6.07, 6.45) is 18.0. The molecule has 2 saturated heterocycles. The van der Waals surface area contributed by atoms with Crippen molar-refractivity contribution in [1.82, 2.24) is 10.6 Å². The largest absolute Gasteiger partial charge is 0.477 e. The molecule has 0 aromatic rings. The van der Waals surface area contributed by atoms with Gasteiger partial charge < -0.3 is 85.8 Å². The SMILES string of the molecule is CCCCCCCC/C=C\CCCCCCCCCCCC[C@@H](O)C(=O)N[C@@H](CO[C@@H]1O[C@H](CO[C@]2(C(=O)O)C[C@H](O)[C@@H](NC(=O)CO)[C@H]([C@H](O)[C@H](O)CO)O2)[C@@H](O)[C@H](O)[C@H]1O)[C@H](O)/C=C/CCCCCCCCCC(C)C. The maximum Gasteiger partial charge on any atom is 0.364 e. The van der Waals surface area contributed by atoms with Gasteiger partial charge in [-0.3, -0.25) is 9.59 Å². The van der Waals surface area contributed by atoms with Gasteiger partial charge in [-0.25, -0.2) is 4.79 Å². The molecule has 0 unspecified atom stereocenters. The van der Waals surface area contributed by atoms with E-state index in [1.165, 1.54) is 109 Å². The number of hydrogen-bond donors (Lipinski definition) is 13. The molecule has 0 aromatic heterocycles. The Morgan fingerprint density at radius 2 is 1.19 bits per heavy atom. The first kappa shape index (κ1) is 71.4. The molecular weight excluding hydrogens is 1010 g/mol. The van der Waals surface area contributed by atoms with Crippen LogP contribution in [0.2, 0.25) is 0 Å². The molecule has 0 saturated carbocycles. The van der Waals surface area contributed by atoms with E-state index >= 15 is 0 Å². The number of hydrogen-bond acceptors (Lipinski definition) is 17. The van der Waals surface area contributed by atoms with Crippen LogP contribution in [-0.4, -0.2) is 186 Å². The quantitative estimate of drug-likeness (QED) is 0.0286. The molecule has 0 bridgehead atoms. The fraction of sp³-hybridized carbons (Fsp3) is 0.879. The van der Waals surface area contributed by atoms with Gasteiger partial charge in [-0.1, -0.05) is 180 Å². The monoisotopic (exact) mass is 1120 g/mol. The number of allylic oxidation sites excluding steroid dienone is 3. The zero-order valence-corrected chi connectivity index (χ0v) is 47.5. The Labute approximate surface area is 465 Å². The second-order valence-corrected chi connectivity index (χ2v) is 22.2. The third kappa shape index (κ3) is 28.3. The van der Waals surface area contributed by atoms with Crippen molar-refractivity contribution in [2.45, 2.75) is 292 Å². The summed E-state index contributed by atoms with van der Waals surface area (Å²) < 4.78 is 22.8. The van der Waals surface area contributed by atoms with Gasteiger partial charge in [-0.05, 0) is 50.9 Å². The van der Waals surface area contributed by atoms with Crippen molar-refractivity contribution >= 4 is 17.8 Å². The predicted octanol–water partition coefficient (Wildman–Crippen LogP) is 4.87. The Morgan fingerprint density at radius 3 is 1.71 bits per heavy atom. The fourth-order valence-electron chi connectivity index (χ4n) is 9.88. The van der Waals surface area contributed by atoms with Gasteiger partial charge in [0.25, 0.3) is 5.79 Å². The zero-order chi connectivity index (χ0) is 57.7. The number of rotatable bonds is 46. The highest BCUT2D eigenvalue weighted by Crippen LogP contribution is 2.35. The lowest BCUT2D eigenvalue weighted by molar-refractivity contribution is -0.339. The van der Waals surface area contributed by atoms with Gasteiger partial charge in [0.05, 0.1) is 44.1 Å². The van der Waals surface area contributed by atoms with Crippen molar-refractivity contribution in [2.75, 3.05) is 26.4 Å². The third-order valence-electron chi connectivity index (χ3n) is 14.9. The van der Waals surface area contributed by atoms with E-state index in [9.17, 15) is 70.6 Å². The van der Waals surface area contributed by atoms with Crippen LogP contribution in [0.15, 0.2) is 24.3 Å². The van der Waals surface area contributed by atoms with Gasteiger partial charge >= 0.3 is 5.97 Å². The van der Waals surface area contributed by atoms with E-state index < -0.39 is 136 Å². The van der Waals surface area contributed by atoms with E-state index in [2.05, 4.69) is 43.6 Å². The van der Waals surface area contributed by atoms with Crippen LogP contribution in [0.1, 0.15) is 207 Å². The molecule has 0 aliphatic carbocycles. The van der Waals surface area contributed by atoms with Crippen LogP contribution in [0.3, 0.4) is 0 Å². The van der Waals surface area contributed by atoms with Crippen molar-refractivity contribution in [3.63, 3.8) is 0 Å². The van der Waals surface area contributed by atoms with Gasteiger partial charge in [0.15, 0.2) is 6.29 Å². The first-order valence-corrected chi connectivity index (χ1v) is 29.8. The van der Waals surface area contributed by atoms with Crippen LogP contribution < -0.4 is 10.6 Å². The first-order valence-electron chi connectivity index (χ1n) is 29.8. The number of aliphatic hydroxyl groups is 10.